The van der Waals surface area contributed by atoms with Gasteiger partial charge in [0.2, 0.25) is 5.89 Å². The van der Waals surface area contributed by atoms with Crippen LogP contribution in [0.4, 0.5) is 0 Å². The zero-order valence-corrected chi connectivity index (χ0v) is 12.9. The average molecular weight is 285 g/mol. The van der Waals surface area contributed by atoms with Gasteiger partial charge in [0.05, 0.1) is 5.54 Å². The number of nitrogens with one attached hydrogen (secondary N) is 1. The van der Waals surface area contributed by atoms with E-state index in [0.29, 0.717) is 0 Å². The molecular formula is C17H23N3O. The lowest BCUT2D eigenvalue weighted by Crippen LogP contribution is -2.37. The molecule has 1 fully saturated rings. The van der Waals surface area contributed by atoms with E-state index >= 15 is 0 Å². The second kappa shape index (κ2) is 5.98. The monoisotopic (exact) mass is 285 g/mol. The molecule has 1 aliphatic heterocycles. The smallest absolute Gasteiger partial charge is 0.246 e. The van der Waals surface area contributed by atoms with Crippen LogP contribution in [0.2, 0.25) is 0 Å². The molecule has 0 amide bonds. The van der Waals surface area contributed by atoms with Gasteiger partial charge in [-0.3, -0.25) is 0 Å². The van der Waals surface area contributed by atoms with E-state index in [4.69, 9.17) is 4.52 Å². The first-order valence-electron chi connectivity index (χ1n) is 7.85. The molecule has 0 bridgehead atoms. The molecular weight excluding hydrogens is 262 g/mol. The van der Waals surface area contributed by atoms with Crippen molar-refractivity contribution in [3.63, 3.8) is 0 Å². The minimum absolute atomic E-state index is 0.0907. The Morgan fingerprint density at radius 2 is 2.29 bits per heavy atom. The maximum atomic E-state index is 5.58. The van der Waals surface area contributed by atoms with Crippen LogP contribution in [0.3, 0.4) is 0 Å². The molecule has 0 radical (unpaired) electrons. The number of aryl methyl sites for hydroxylation is 1. The molecule has 0 saturated carbocycles. The molecule has 4 heteroatoms. The molecule has 1 unspecified atom stereocenters. The Hall–Kier alpha value is -1.68. The number of benzene rings is 1. The molecule has 0 aliphatic carbocycles. The lowest BCUT2D eigenvalue weighted by molar-refractivity contribution is 0.240. The molecule has 21 heavy (non-hydrogen) atoms. The summed E-state index contributed by atoms with van der Waals surface area (Å²) in [6.07, 6.45) is 5.16. The first kappa shape index (κ1) is 14.3. The fourth-order valence-corrected chi connectivity index (χ4v) is 3.26. The molecule has 4 nitrogen and oxygen atoms in total. The van der Waals surface area contributed by atoms with Gasteiger partial charge in [0.1, 0.15) is 0 Å². The van der Waals surface area contributed by atoms with Crippen LogP contribution in [-0.2, 0) is 12.0 Å². The zero-order chi connectivity index (χ0) is 14.7. The molecule has 1 atom stereocenters. The van der Waals surface area contributed by atoms with Crippen molar-refractivity contribution in [3.05, 3.63) is 47.1 Å². The summed E-state index contributed by atoms with van der Waals surface area (Å²) < 4.78 is 5.58. The van der Waals surface area contributed by atoms with Crippen molar-refractivity contribution < 1.29 is 4.52 Å². The summed E-state index contributed by atoms with van der Waals surface area (Å²) in [6.45, 7) is 5.34. The normalized spacial score (nSPS) is 21.8. The quantitative estimate of drug-likeness (QED) is 0.915. The third kappa shape index (κ3) is 3.00. The van der Waals surface area contributed by atoms with Gasteiger partial charge in [-0.15, -0.1) is 0 Å². The van der Waals surface area contributed by atoms with Gasteiger partial charge in [0.25, 0.3) is 0 Å². The molecule has 112 valence electrons. The van der Waals surface area contributed by atoms with E-state index in [0.717, 1.165) is 43.9 Å². The number of rotatable bonds is 5. The zero-order valence-electron chi connectivity index (χ0n) is 12.9. The molecule has 1 aromatic heterocycles. The highest BCUT2D eigenvalue weighted by atomic mass is 16.5. The van der Waals surface area contributed by atoms with Crippen LogP contribution in [-0.4, -0.2) is 16.7 Å². The minimum Gasteiger partial charge on any atom is -0.337 e. The van der Waals surface area contributed by atoms with E-state index in [-0.39, 0.29) is 5.54 Å². The summed E-state index contributed by atoms with van der Waals surface area (Å²) in [6, 6.07) is 8.46. The summed E-state index contributed by atoms with van der Waals surface area (Å²) in [5.74, 6) is 1.55. The van der Waals surface area contributed by atoms with Gasteiger partial charge < -0.3 is 9.84 Å². The fraction of sp³-hybridized carbons (Fsp3) is 0.529. The molecule has 1 saturated heterocycles. The third-order valence-electron chi connectivity index (χ3n) is 4.24. The van der Waals surface area contributed by atoms with Crippen molar-refractivity contribution in [1.29, 1.82) is 0 Å². The fourth-order valence-electron chi connectivity index (χ4n) is 3.26. The van der Waals surface area contributed by atoms with Crippen LogP contribution in [0.25, 0.3) is 0 Å². The van der Waals surface area contributed by atoms with Crippen LogP contribution < -0.4 is 5.32 Å². The molecule has 1 aliphatic rings. The van der Waals surface area contributed by atoms with Crippen molar-refractivity contribution in [3.8, 4) is 0 Å². The van der Waals surface area contributed by atoms with Crippen LogP contribution in [0.1, 0.15) is 55.4 Å². The predicted molar refractivity (Wildman–Crippen MR) is 82.1 cm³/mol. The van der Waals surface area contributed by atoms with E-state index in [2.05, 4.69) is 53.6 Å². The van der Waals surface area contributed by atoms with Crippen LogP contribution in [0.15, 0.2) is 28.8 Å². The van der Waals surface area contributed by atoms with E-state index in [9.17, 15) is 0 Å². The number of hydrogen-bond donors (Lipinski definition) is 1. The Morgan fingerprint density at radius 3 is 3.00 bits per heavy atom. The minimum atomic E-state index is -0.0907. The lowest BCUT2D eigenvalue weighted by atomic mass is 9.92. The Balaban J connectivity index is 1.79. The highest BCUT2D eigenvalue weighted by molar-refractivity contribution is 5.24. The maximum Gasteiger partial charge on any atom is 0.246 e. The third-order valence-corrected chi connectivity index (χ3v) is 4.24. The summed E-state index contributed by atoms with van der Waals surface area (Å²) in [5, 5.41) is 7.76. The SMILES string of the molecule is CCCC1(c2nc(Cc3cccc(C)c3)no2)CCCN1. The van der Waals surface area contributed by atoms with Crippen molar-refractivity contribution in [2.45, 2.75) is 51.5 Å². The Morgan fingerprint density at radius 1 is 1.38 bits per heavy atom. The molecule has 1 aromatic carbocycles. The van der Waals surface area contributed by atoms with Crippen molar-refractivity contribution >= 4 is 0 Å². The van der Waals surface area contributed by atoms with Crippen LogP contribution in [0.5, 0.6) is 0 Å². The highest BCUT2D eigenvalue weighted by Gasteiger charge is 2.39. The summed E-state index contributed by atoms with van der Waals surface area (Å²) in [7, 11) is 0. The van der Waals surface area contributed by atoms with E-state index in [1.54, 1.807) is 0 Å². The molecule has 0 spiro atoms. The van der Waals surface area contributed by atoms with Gasteiger partial charge in [0.15, 0.2) is 5.82 Å². The standard InChI is InChI=1S/C17H23N3O/c1-3-8-17(9-5-10-18-17)16-19-15(20-21-16)12-14-7-4-6-13(2)11-14/h4,6-7,11,18H,3,5,8-10,12H2,1-2H3. The van der Waals surface area contributed by atoms with E-state index in [1.807, 2.05) is 0 Å². The van der Waals surface area contributed by atoms with Crippen LogP contribution in [0, 0.1) is 6.92 Å². The summed E-state index contributed by atoms with van der Waals surface area (Å²) in [5.41, 5.74) is 2.40. The Labute approximate surface area is 126 Å². The first-order chi connectivity index (χ1) is 10.2. The first-order valence-corrected chi connectivity index (χ1v) is 7.85. The van der Waals surface area contributed by atoms with Gasteiger partial charge in [-0.25, -0.2) is 0 Å². The number of hydrogen-bond acceptors (Lipinski definition) is 4. The maximum absolute atomic E-state index is 5.58. The summed E-state index contributed by atoms with van der Waals surface area (Å²) >= 11 is 0. The predicted octanol–water partition coefficient (Wildman–Crippen LogP) is 3.35. The Bertz CT molecular complexity index is 600. The number of aromatic nitrogens is 2. The van der Waals surface area contributed by atoms with Gasteiger partial charge in [-0.1, -0.05) is 48.3 Å². The van der Waals surface area contributed by atoms with Gasteiger partial charge in [0, 0.05) is 6.42 Å². The summed E-state index contributed by atoms with van der Waals surface area (Å²) in [4.78, 5) is 4.67. The largest absolute Gasteiger partial charge is 0.337 e. The molecule has 1 N–H and O–H groups in total. The van der Waals surface area contributed by atoms with Gasteiger partial charge >= 0.3 is 0 Å². The van der Waals surface area contributed by atoms with E-state index < -0.39 is 0 Å². The molecule has 3 rings (SSSR count). The van der Waals surface area contributed by atoms with Gasteiger partial charge in [-0.2, -0.15) is 4.98 Å². The lowest BCUT2D eigenvalue weighted by Gasteiger charge is -2.24. The van der Waals surface area contributed by atoms with Crippen molar-refractivity contribution in [2.24, 2.45) is 0 Å². The Kier molecular flexibility index (Phi) is 4.06. The molecule has 2 aromatic rings. The van der Waals surface area contributed by atoms with Crippen molar-refractivity contribution in [2.75, 3.05) is 6.54 Å². The topological polar surface area (TPSA) is 51.0 Å². The molecule has 2 heterocycles. The van der Waals surface area contributed by atoms with E-state index in [1.165, 1.54) is 17.5 Å². The number of nitrogens with zero attached hydrogens (tertiary/aromatic N) is 2. The second-order valence-electron chi connectivity index (χ2n) is 6.04. The second-order valence-corrected chi connectivity index (χ2v) is 6.04. The van der Waals surface area contributed by atoms with Crippen LogP contribution >= 0.6 is 0 Å². The van der Waals surface area contributed by atoms with Crippen molar-refractivity contribution in [1.82, 2.24) is 15.5 Å². The average Bonchev–Trinajstić information content (AvgIpc) is 3.09. The van der Waals surface area contributed by atoms with Gasteiger partial charge in [-0.05, 0) is 38.3 Å². The highest BCUT2D eigenvalue weighted by Crippen LogP contribution is 2.34.